The number of nitrogens with zero attached hydrogens (tertiary/aromatic N) is 2. The largest absolute Gasteiger partial charge is 0.353 e. The summed E-state index contributed by atoms with van der Waals surface area (Å²) >= 11 is 0. The minimum absolute atomic E-state index is 0.305. The Bertz CT molecular complexity index is 564. The topological polar surface area (TPSA) is 29.9 Å². The number of hydrogen-bond donors (Lipinski definition) is 1. The van der Waals surface area contributed by atoms with E-state index in [1.54, 1.807) is 0 Å². The van der Waals surface area contributed by atoms with Gasteiger partial charge in [-0.15, -0.1) is 0 Å². The van der Waals surface area contributed by atoms with Crippen LogP contribution in [0.25, 0.3) is 0 Å². The van der Waals surface area contributed by atoms with Gasteiger partial charge in [-0.1, -0.05) is 49.1 Å². The van der Waals surface area contributed by atoms with Crippen LogP contribution in [0.3, 0.4) is 0 Å². The van der Waals surface area contributed by atoms with Gasteiger partial charge in [0.2, 0.25) is 5.95 Å². The van der Waals surface area contributed by atoms with E-state index in [-0.39, 0.29) is 0 Å². The van der Waals surface area contributed by atoms with Crippen molar-refractivity contribution in [3.05, 3.63) is 47.8 Å². The summed E-state index contributed by atoms with van der Waals surface area (Å²) < 4.78 is 2.25. The van der Waals surface area contributed by atoms with Gasteiger partial charge in [-0.25, -0.2) is 4.98 Å². The molecule has 1 aromatic heterocycles. The molecule has 1 aromatic carbocycles. The first kappa shape index (κ1) is 14.2. The summed E-state index contributed by atoms with van der Waals surface area (Å²) in [7, 11) is 0. The Labute approximate surface area is 127 Å². The highest BCUT2D eigenvalue weighted by atomic mass is 15.2. The molecule has 0 amide bonds. The first-order chi connectivity index (χ1) is 10.2. The summed E-state index contributed by atoms with van der Waals surface area (Å²) in [4.78, 5) is 4.53. The minimum Gasteiger partial charge on any atom is -0.353 e. The summed E-state index contributed by atoms with van der Waals surface area (Å²) in [6, 6.07) is 9.67. The van der Waals surface area contributed by atoms with Gasteiger partial charge in [0, 0.05) is 18.4 Å². The molecule has 21 heavy (non-hydrogen) atoms. The summed E-state index contributed by atoms with van der Waals surface area (Å²) in [6.45, 7) is 4.36. The van der Waals surface area contributed by atoms with Crippen molar-refractivity contribution in [2.24, 2.45) is 0 Å². The number of aryl methyl sites for hydroxylation is 1. The Kier molecular flexibility index (Phi) is 4.28. The molecule has 1 heterocycles. The number of anilines is 1. The Morgan fingerprint density at radius 3 is 2.57 bits per heavy atom. The van der Waals surface area contributed by atoms with E-state index in [0.29, 0.717) is 12.1 Å². The number of hydrogen-bond acceptors (Lipinski definition) is 2. The number of rotatable bonds is 4. The maximum absolute atomic E-state index is 4.53. The molecule has 1 N–H and O–H groups in total. The third-order valence-electron chi connectivity index (χ3n) is 4.58. The van der Waals surface area contributed by atoms with Crippen LogP contribution in [0.15, 0.2) is 36.7 Å². The Morgan fingerprint density at radius 2 is 1.86 bits per heavy atom. The zero-order valence-corrected chi connectivity index (χ0v) is 13.0. The van der Waals surface area contributed by atoms with Gasteiger partial charge in [0.25, 0.3) is 0 Å². The van der Waals surface area contributed by atoms with E-state index in [0.717, 1.165) is 5.95 Å². The predicted octanol–water partition coefficient (Wildman–Crippen LogP) is 4.55. The normalized spacial score (nSPS) is 17.6. The van der Waals surface area contributed by atoms with E-state index in [4.69, 9.17) is 0 Å². The second kappa shape index (κ2) is 6.33. The van der Waals surface area contributed by atoms with E-state index >= 15 is 0 Å². The van der Waals surface area contributed by atoms with Gasteiger partial charge in [0.05, 0.1) is 6.04 Å². The first-order valence-corrected chi connectivity index (χ1v) is 8.10. The molecule has 3 heteroatoms. The fourth-order valence-electron chi connectivity index (χ4n) is 3.17. The Morgan fingerprint density at radius 1 is 1.14 bits per heavy atom. The highest BCUT2D eigenvalue weighted by Crippen LogP contribution is 2.25. The van der Waals surface area contributed by atoms with Gasteiger partial charge in [0.15, 0.2) is 0 Å². The van der Waals surface area contributed by atoms with Crippen LogP contribution >= 0.6 is 0 Å². The van der Waals surface area contributed by atoms with Gasteiger partial charge in [0.1, 0.15) is 0 Å². The molecule has 1 saturated carbocycles. The van der Waals surface area contributed by atoms with Crippen molar-refractivity contribution in [3.63, 3.8) is 0 Å². The van der Waals surface area contributed by atoms with Gasteiger partial charge < -0.3 is 9.88 Å². The monoisotopic (exact) mass is 283 g/mol. The predicted molar refractivity (Wildman–Crippen MR) is 87.7 cm³/mol. The molecule has 1 unspecified atom stereocenters. The fraction of sp³-hybridized carbons (Fsp3) is 0.500. The third kappa shape index (κ3) is 3.29. The lowest BCUT2D eigenvalue weighted by molar-refractivity contribution is 0.458. The van der Waals surface area contributed by atoms with Crippen molar-refractivity contribution >= 4 is 5.95 Å². The van der Waals surface area contributed by atoms with Gasteiger partial charge in [-0.05, 0) is 32.3 Å². The van der Waals surface area contributed by atoms with Gasteiger partial charge in [-0.3, -0.25) is 0 Å². The fourth-order valence-corrected chi connectivity index (χ4v) is 3.17. The van der Waals surface area contributed by atoms with Crippen LogP contribution in [0.1, 0.15) is 56.2 Å². The molecule has 0 bridgehead atoms. The Hall–Kier alpha value is -1.77. The van der Waals surface area contributed by atoms with E-state index in [2.05, 4.69) is 59.2 Å². The van der Waals surface area contributed by atoms with Crippen molar-refractivity contribution in [2.45, 2.75) is 58.0 Å². The van der Waals surface area contributed by atoms with E-state index in [1.165, 1.54) is 43.2 Å². The van der Waals surface area contributed by atoms with Crippen LogP contribution in [0.2, 0.25) is 0 Å². The first-order valence-electron chi connectivity index (χ1n) is 8.10. The van der Waals surface area contributed by atoms with Crippen LogP contribution in [0.5, 0.6) is 0 Å². The number of nitrogens with one attached hydrogen (secondary N) is 1. The standard InChI is InChI=1S/C18H25N3/c1-14-8-10-16(11-9-14)15(2)21-13-12-19-18(21)20-17-6-4-3-5-7-17/h8-13,15,17H,3-7H2,1-2H3,(H,19,20). The lowest BCUT2D eigenvalue weighted by Crippen LogP contribution is -2.25. The molecule has 1 aliphatic rings. The van der Waals surface area contributed by atoms with Crippen LogP contribution in [-0.4, -0.2) is 15.6 Å². The van der Waals surface area contributed by atoms with E-state index in [9.17, 15) is 0 Å². The van der Waals surface area contributed by atoms with E-state index in [1.807, 2.05) is 6.20 Å². The second-order valence-electron chi connectivity index (χ2n) is 6.22. The van der Waals surface area contributed by atoms with Crippen LogP contribution in [0, 0.1) is 6.92 Å². The molecule has 2 aromatic rings. The van der Waals surface area contributed by atoms with Crippen LogP contribution in [0.4, 0.5) is 5.95 Å². The average molecular weight is 283 g/mol. The molecule has 1 aliphatic carbocycles. The highest BCUT2D eigenvalue weighted by Gasteiger charge is 2.17. The van der Waals surface area contributed by atoms with Crippen molar-refractivity contribution in [1.82, 2.24) is 9.55 Å². The average Bonchev–Trinajstić information content (AvgIpc) is 2.96. The second-order valence-corrected chi connectivity index (χ2v) is 6.22. The lowest BCUT2D eigenvalue weighted by atomic mass is 9.96. The molecule has 0 radical (unpaired) electrons. The summed E-state index contributed by atoms with van der Waals surface area (Å²) in [5, 5.41) is 3.64. The minimum atomic E-state index is 0.305. The van der Waals surface area contributed by atoms with Crippen molar-refractivity contribution in [3.8, 4) is 0 Å². The van der Waals surface area contributed by atoms with Gasteiger partial charge >= 0.3 is 0 Å². The van der Waals surface area contributed by atoms with Crippen LogP contribution < -0.4 is 5.32 Å². The zero-order chi connectivity index (χ0) is 14.7. The molecular formula is C18H25N3. The van der Waals surface area contributed by atoms with Crippen LogP contribution in [-0.2, 0) is 0 Å². The highest BCUT2D eigenvalue weighted by molar-refractivity contribution is 5.32. The molecule has 112 valence electrons. The van der Waals surface area contributed by atoms with Crippen molar-refractivity contribution < 1.29 is 0 Å². The molecular weight excluding hydrogens is 258 g/mol. The smallest absolute Gasteiger partial charge is 0.203 e. The number of benzene rings is 1. The molecule has 1 fully saturated rings. The molecule has 0 spiro atoms. The maximum atomic E-state index is 4.53. The third-order valence-corrected chi connectivity index (χ3v) is 4.58. The SMILES string of the molecule is Cc1ccc(C(C)n2ccnc2NC2CCCCC2)cc1. The quantitative estimate of drug-likeness (QED) is 0.892. The van der Waals surface area contributed by atoms with Crippen molar-refractivity contribution in [2.75, 3.05) is 5.32 Å². The molecule has 3 rings (SSSR count). The molecule has 1 atom stereocenters. The number of imidazole rings is 1. The van der Waals surface area contributed by atoms with Gasteiger partial charge in [-0.2, -0.15) is 0 Å². The zero-order valence-electron chi connectivity index (χ0n) is 13.0. The number of aromatic nitrogens is 2. The summed E-state index contributed by atoms with van der Waals surface area (Å²) in [5.41, 5.74) is 2.63. The van der Waals surface area contributed by atoms with Crippen molar-refractivity contribution in [1.29, 1.82) is 0 Å². The summed E-state index contributed by atoms with van der Waals surface area (Å²) in [6.07, 6.45) is 10.6. The maximum Gasteiger partial charge on any atom is 0.203 e. The molecule has 3 nitrogen and oxygen atoms in total. The lowest BCUT2D eigenvalue weighted by Gasteiger charge is -2.25. The molecule has 0 saturated heterocycles. The molecule has 0 aliphatic heterocycles. The summed E-state index contributed by atoms with van der Waals surface area (Å²) in [5.74, 6) is 1.01. The Balaban J connectivity index is 1.76. The van der Waals surface area contributed by atoms with E-state index < -0.39 is 0 Å².